The Bertz CT molecular complexity index is 1410. The normalized spacial score (nSPS) is 10.6. The Morgan fingerprint density at radius 2 is 1.84 bits per heavy atom. The van der Waals surface area contributed by atoms with E-state index in [9.17, 15) is 18.8 Å². The van der Waals surface area contributed by atoms with E-state index in [1.807, 2.05) is 19.1 Å². The first-order valence-electron chi connectivity index (χ1n) is 11.8. The molecule has 0 bridgehead atoms. The number of aromatic amines is 1. The van der Waals surface area contributed by atoms with E-state index < -0.39 is 0 Å². The van der Waals surface area contributed by atoms with Crippen molar-refractivity contribution in [3.05, 3.63) is 101 Å². The third-order valence-corrected chi connectivity index (χ3v) is 5.65. The van der Waals surface area contributed by atoms with Crippen LogP contribution in [0.25, 0.3) is 11.4 Å². The SMILES string of the molecule is Cc1ccc(F)c(CC(=O)Cc2ccc(Oc3ccnc(-c4cc(C(=O)NCCC=O)c[nH]4)c3)cc2)c1. The predicted octanol–water partition coefficient (Wildman–Crippen LogP) is 4.99. The highest BCUT2D eigenvalue weighted by Crippen LogP contribution is 2.26. The number of aldehydes is 1. The van der Waals surface area contributed by atoms with Gasteiger partial charge in [-0.2, -0.15) is 0 Å². The number of H-pyrrole nitrogens is 1. The first-order valence-corrected chi connectivity index (χ1v) is 11.8. The standard InChI is InChI=1S/C29H26FN3O4/c1-19-3-8-26(30)21(13-19)15-23(35)14-20-4-6-24(7-5-20)37-25-9-11-31-28(17-25)27-16-22(18-33-27)29(36)32-10-2-12-34/h3-9,11-13,16-18,33H,2,10,14-15H2,1H3,(H,32,36). The van der Waals surface area contributed by atoms with Crippen LogP contribution in [0, 0.1) is 12.7 Å². The van der Waals surface area contributed by atoms with Gasteiger partial charge in [0.1, 0.15) is 29.4 Å². The predicted molar refractivity (Wildman–Crippen MR) is 137 cm³/mol. The van der Waals surface area contributed by atoms with Crippen LogP contribution in [0.5, 0.6) is 11.5 Å². The van der Waals surface area contributed by atoms with Crippen molar-refractivity contribution in [1.82, 2.24) is 15.3 Å². The minimum absolute atomic E-state index is 0.0480. The summed E-state index contributed by atoms with van der Waals surface area (Å²) in [5.41, 5.74) is 3.81. The van der Waals surface area contributed by atoms with E-state index in [0.717, 1.165) is 17.4 Å². The van der Waals surface area contributed by atoms with E-state index in [0.29, 0.717) is 34.0 Å². The van der Waals surface area contributed by atoms with Crippen molar-refractivity contribution in [3.8, 4) is 22.9 Å². The van der Waals surface area contributed by atoms with Crippen LogP contribution in [0.15, 0.2) is 73.1 Å². The summed E-state index contributed by atoms with van der Waals surface area (Å²) in [4.78, 5) is 42.4. The molecule has 0 saturated carbocycles. The number of Topliss-reactive ketones (excluding diaryl/α,β-unsaturated/α-hetero) is 1. The molecular weight excluding hydrogens is 473 g/mol. The van der Waals surface area contributed by atoms with Crippen LogP contribution in [0.4, 0.5) is 4.39 Å². The Labute approximate surface area is 213 Å². The van der Waals surface area contributed by atoms with E-state index in [1.165, 1.54) is 6.07 Å². The molecule has 4 rings (SSSR count). The van der Waals surface area contributed by atoms with Crippen LogP contribution in [-0.2, 0) is 22.4 Å². The molecule has 188 valence electrons. The number of halogens is 1. The molecule has 0 saturated heterocycles. The van der Waals surface area contributed by atoms with E-state index in [4.69, 9.17) is 4.74 Å². The molecule has 7 nitrogen and oxygen atoms in total. The zero-order valence-electron chi connectivity index (χ0n) is 20.3. The number of aryl methyl sites for hydroxylation is 1. The fraction of sp³-hybridized carbons (Fsp3) is 0.172. The smallest absolute Gasteiger partial charge is 0.252 e. The number of ketones is 1. The first kappa shape index (κ1) is 25.5. The summed E-state index contributed by atoms with van der Waals surface area (Å²) in [5, 5.41) is 2.67. The molecule has 8 heteroatoms. The number of aromatic nitrogens is 2. The van der Waals surface area contributed by atoms with Gasteiger partial charge >= 0.3 is 0 Å². The Hall–Kier alpha value is -4.59. The largest absolute Gasteiger partial charge is 0.457 e. The molecule has 37 heavy (non-hydrogen) atoms. The van der Waals surface area contributed by atoms with E-state index in [2.05, 4.69) is 15.3 Å². The number of ether oxygens (including phenoxy) is 1. The first-order chi connectivity index (χ1) is 17.9. The lowest BCUT2D eigenvalue weighted by Crippen LogP contribution is -2.24. The van der Waals surface area contributed by atoms with Gasteiger partial charge in [-0.1, -0.05) is 29.8 Å². The molecule has 0 atom stereocenters. The maximum absolute atomic E-state index is 14.0. The van der Waals surface area contributed by atoms with Gasteiger partial charge in [0.05, 0.1) is 17.0 Å². The highest BCUT2D eigenvalue weighted by Gasteiger charge is 2.12. The molecule has 2 heterocycles. The number of hydrogen-bond donors (Lipinski definition) is 2. The number of carbonyl (C=O) groups is 3. The van der Waals surface area contributed by atoms with Crippen molar-refractivity contribution in [2.75, 3.05) is 6.54 Å². The van der Waals surface area contributed by atoms with Crippen molar-refractivity contribution in [1.29, 1.82) is 0 Å². The number of amides is 1. The molecular formula is C29H26FN3O4. The Morgan fingerprint density at radius 3 is 2.62 bits per heavy atom. The molecule has 2 N–H and O–H groups in total. The second-order valence-electron chi connectivity index (χ2n) is 8.62. The van der Waals surface area contributed by atoms with Gasteiger partial charge in [-0.25, -0.2) is 4.39 Å². The van der Waals surface area contributed by atoms with Crippen molar-refractivity contribution in [2.45, 2.75) is 26.2 Å². The Balaban J connectivity index is 1.36. The average molecular weight is 500 g/mol. The quantitative estimate of drug-likeness (QED) is 0.224. The molecule has 0 aliphatic heterocycles. The number of rotatable bonds is 11. The number of nitrogens with zero attached hydrogens (tertiary/aromatic N) is 1. The molecule has 4 aromatic rings. The summed E-state index contributed by atoms with van der Waals surface area (Å²) in [6.45, 7) is 2.15. The second kappa shape index (κ2) is 11.9. The lowest BCUT2D eigenvalue weighted by Gasteiger charge is -2.08. The number of carbonyl (C=O) groups excluding carboxylic acids is 3. The number of hydrogen-bond acceptors (Lipinski definition) is 5. The highest BCUT2D eigenvalue weighted by atomic mass is 19.1. The third-order valence-electron chi connectivity index (χ3n) is 5.65. The van der Waals surface area contributed by atoms with Crippen LogP contribution >= 0.6 is 0 Å². The summed E-state index contributed by atoms with van der Waals surface area (Å²) in [7, 11) is 0. The van der Waals surface area contributed by atoms with Crippen molar-refractivity contribution in [3.63, 3.8) is 0 Å². The second-order valence-corrected chi connectivity index (χ2v) is 8.62. The Kier molecular flexibility index (Phi) is 8.20. The summed E-state index contributed by atoms with van der Waals surface area (Å²) < 4.78 is 19.9. The maximum Gasteiger partial charge on any atom is 0.252 e. The zero-order valence-corrected chi connectivity index (χ0v) is 20.3. The van der Waals surface area contributed by atoms with Gasteiger partial charge in [-0.3, -0.25) is 14.6 Å². The van der Waals surface area contributed by atoms with Gasteiger partial charge < -0.3 is 19.8 Å². The lowest BCUT2D eigenvalue weighted by atomic mass is 10.0. The minimum atomic E-state index is -0.368. The van der Waals surface area contributed by atoms with Gasteiger partial charge in [0.25, 0.3) is 5.91 Å². The monoisotopic (exact) mass is 499 g/mol. The molecule has 0 aliphatic rings. The molecule has 0 fully saturated rings. The average Bonchev–Trinajstić information content (AvgIpc) is 3.38. The fourth-order valence-electron chi connectivity index (χ4n) is 3.79. The topological polar surface area (TPSA) is 101 Å². The lowest BCUT2D eigenvalue weighted by molar-refractivity contribution is -0.117. The molecule has 1 amide bonds. The van der Waals surface area contributed by atoms with Gasteiger partial charge in [-0.05, 0) is 48.4 Å². The number of pyridine rings is 1. The molecule has 2 aromatic heterocycles. The molecule has 2 aromatic carbocycles. The van der Waals surface area contributed by atoms with Crippen molar-refractivity contribution in [2.24, 2.45) is 0 Å². The molecule has 0 radical (unpaired) electrons. The molecule has 0 spiro atoms. The van der Waals surface area contributed by atoms with E-state index >= 15 is 0 Å². The number of nitrogens with one attached hydrogen (secondary N) is 2. The van der Waals surface area contributed by atoms with Gasteiger partial charge in [0.15, 0.2) is 0 Å². The van der Waals surface area contributed by atoms with Gasteiger partial charge in [0, 0.05) is 44.3 Å². The summed E-state index contributed by atoms with van der Waals surface area (Å²) >= 11 is 0. The van der Waals surface area contributed by atoms with Crippen LogP contribution in [0.2, 0.25) is 0 Å². The third kappa shape index (κ3) is 6.98. The minimum Gasteiger partial charge on any atom is -0.457 e. The van der Waals surface area contributed by atoms with Gasteiger partial charge in [0.2, 0.25) is 0 Å². The maximum atomic E-state index is 14.0. The number of benzene rings is 2. The van der Waals surface area contributed by atoms with Crippen LogP contribution < -0.4 is 10.1 Å². The van der Waals surface area contributed by atoms with Crippen molar-refractivity contribution < 1.29 is 23.5 Å². The van der Waals surface area contributed by atoms with Crippen LogP contribution in [0.1, 0.15) is 33.5 Å². The van der Waals surface area contributed by atoms with Crippen molar-refractivity contribution >= 4 is 18.0 Å². The highest BCUT2D eigenvalue weighted by molar-refractivity contribution is 5.95. The Morgan fingerprint density at radius 1 is 1.03 bits per heavy atom. The molecule has 0 unspecified atom stereocenters. The summed E-state index contributed by atoms with van der Waals surface area (Å²) in [5.74, 6) is 0.419. The van der Waals surface area contributed by atoms with E-state index in [1.54, 1.807) is 54.9 Å². The molecule has 0 aliphatic carbocycles. The zero-order chi connectivity index (χ0) is 26.2. The fourth-order valence-corrected chi connectivity index (χ4v) is 3.79. The summed E-state index contributed by atoms with van der Waals surface area (Å²) in [6, 6.07) is 17.1. The van der Waals surface area contributed by atoms with Crippen LogP contribution in [0.3, 0.4) is 0 Å². The van der Waals surface area contributed by atoms with Gasteiger partial charge in [-0.15, -0.1) is 0 Å². The van der Waals surface area contributed by atoms with Crippen LogP contribution in [-0.4, -0.2) is 34.5 Å². The summed E-state index contributed by atoms with van der Waals surface area (Å²) in [6.07, 6.45) is 4.44. The van der Waals surface area contributed by atoms with E-state index in [-0.39, 0.29) is 43.3 Å².